The van der Waals surface area contributed by atoms with Crippen molar-refractivity contribution in [3.8, 4) is 11.5 Å². The van der Waals surface area contributed by atoms with Gasteiger partial charge in [-0.1, -0.05) is 6.07 Å². The van der Waals surface area contributed by atoms with Crippen LogP contribution in [-0.2, 0) is 11.2 Å². The number of carbonyl (C=O) groups excluding carboxylic acids is 1. The summed E-state index contributed by atoms with van der Waals surface area (Å²) in [7, 11) is 0. The third-order valence-corrected chi connectivity index (χ3v) is 5.51. The minimum Gasteiger partial charge on any atom is -0.490 e. The molecule has 0 saturated carbocycles. The minimum atomic E-state index is -0.0907. The molecule has 0 radical (unpaired) electrons. The number of hydrogen-bond acceptors (Lipinski definition) is 5. The minimum absolute atomic E-state index is 0.0907. The monoisotopic (exact) mass is 416 g/mol. The lowest BCUT2D eigenvalue weighted by Crippen LogP contribution is -2.32. The highest BCUT2D eigenvalue weighted by atomic mass is 32.1. The van der Waals surface area contributed by atoms with E-state index in [0.29, 0.717) is 37.0 Å². The molecule has 1 amide bonds. The lowest BCUT2D eigenvalue weighted by atomic mass is 10.1. The fourth-order valence-electron chi connectivity index (χ4n) is 2.94. The third-order valence-electron chi connectivity index (χ3n) is 4.24. The quantitative estimate of drug-likeness (QED) is 0.517. The number of amides is 1. The molecule has 0 bridgehead atoms. The molecule has 0 spiro atoms. The molecule has 0 unspecified atom stereocenters. The van der Waals surface area contributed by atoms with Crippen molar-refractivity contribution >= 4 is 40.7 Å². The van der Waals surface area contributed by atoms with Crippen LogP contribution in [0, 0.1) is 6.92 Å². The van der Waals surface area contributed by atoms with Gasteiger partial charge in [-0.2, -0.15) is 0 Å². The van der Waals surface area contributed by atoms with E-state index in [-0.39, 0.29) is 5.91 Å². The second kappa shape index (κ2) is 9.21. The summed E-state index contributed by atoms with van der Waals surface area (Å²) >= 11 is 7.01. The molecule has 0 atom stereocenters. The molecule has 3 rings (SSSR count). The number of nitrogens with zero attached hydrogens (tertiary/aromatic N) is 1. The molecule has 1 N–H and O–H groups in total. The first-order valence-electron chi connectivity index (χ1n) is 9.31. The Kier molecular flexibility index (Phi) is 6.70. The van der Waals surface area contributed by atoms with Gasteiger partial charge in [0, 0.05) is 16.3 Å². The van der Waals surface area contributed by atoms with E-state index in [2.05, 4.69) is 5.32 Å². The van der Waals surface area contributed by atoms with Crippen LogP contribution in [0.3, 0.4) is 0 Å². The van der Waals surface area contributed by atoms with Gasteiger partial charge in [0.05, 0.1) is 13.2 Å². The van der Waals surface area contributed by atoms with Crippen molar-refractivity contribution in [2.24, 2.45) is 0 Å². The van der Waals surface area contributed by atoms with Crippen LogP contribution in [0.2, 0.25) is 0 Å². The van der Waals surface area contributed by atoms with Crippen molar-refractivity contribution in [2.75, 3.05) is 19.8 Å². The largest absolute Gasteiger partial charge is 0.490 e. The lowest BCUT2D eigenvalue weighted by molar-refractivity contribution is -0.122. The summed E-state index contributed by atoms with van der Waals surface area (Å²) < 4.78 is 11.3. The van der Waals surface area contributed by atoms with Crippen molar-refractivity contribution in [3.63, 3.8) is 0 Å². The second-order valence-electron chi connectivity index (χ2n) is 6.29. The molecule has 1 aliphatic rings. The van der Waals surface area contributed by atoms with Gasteiger partial charge in [-0.05, 0) is 75.3 Å². The van der Waals surface area contributed by atoms with E-state index in [9.17, 15) is 4.79 Å². The van der Waals surface area contributed by atoms with Crippen molar-refractivity contribution in [3.05, 3.63) is 51.3 Å². The highest BCUT2D eigenvalue weighted by Gasteiger charge is 2.30. The van der Waals surface area contributed by atoms with Crippen molar-refractivity contribution in [2.45, 2.75) is 27.2 Å². The summed E-state index contributed by atoms with van der Waals surface area (Å²) in [4.78, 5) is 16.6. The van der Waals surface area contributed by atoms with Gasteiger partial charge in [0.25, 0.3) is 5.91 Å². The summed E-state index contributed by atoms with van der Waals surface area (Å²) in [5.41, 5.74) is 1.59. The fraction of sp³-hybridized carbons (Fsp3) is 0.333. The maximum atomic E-state index is 12.7. The summed E-state index contributed by atoms with van der Waals surface area (Å²) in [6, 6.07) is 9.92. The third kappa shape index (κ3) is 4.72. The molecular weight excluding hydrogens is 392 g/mol. The SMILES string of the molecule is CCOc1ccc(CCN2C(=O)/C(=C\c3ccc(C)s3)NC2=S)cc1OCC. The molecular formula is C21H24N2O3S2. The van der Waals surface area contributed by atoms with Crippen molar-refractivity contribution in [1.82, 2.24) is 10.2 Å². The number of aryl methyl sites for hydroxylation is 1. The van der Waals surface area contributed by atoms with Gasteiger partial charge >= 0.3 is 0 Å². The average Bonchev–Trinajstić information content (AvgIpc) is 3.19. The molecule has 148 valence electrons. The number of thiophene rings is 1. The number of hydrogen-bond donors (Lipinski definition) is 1. The molecule has 1 saturated heterocycles. The smallest absolute Gasteiger partial charge is 0.276 e. The van der Waals surface area contributed by atoms with Crippen LogP contribution >= 0.6 is 23.6 Å². The molecule has 0 aliphatic carbocycles. The summed E-state index contributed by atoms with van der Waals surface area (Å²) in [5.74, 6) is 1.37. The highest BCUT2D eigenvalue weighted by Crippen LogP contribution is 2.29. The fourth-order valence-corrected chi connectivity index (χ4v) is 4.04. The molecule has 2 heterocycles. The Balaban J connectivity index is 1.68. The van der Waals surface area contributed by atoms with Crippen molar-refractivity contribution < 1.29 is 14.3 Å². The number of thiocarbonyl (C=S) groups is 1. The van der Waals surface area contributed by atoms with Gasteiger partial charge in [0.15, 0.2) is 16.6 Å². The average molecular weight is 417 g/mol. The summed E-state index contributed by atoms with van der Waals surface area (Å²) in [6.45, 7) is 7.59. The first-order chi connectivity index (χ1) is 13.5. The van der Waals surface area contributed by atoms with Crippen LogP contribution in [-0.4, -0.2) is 35.7 Å². The molecule has 1 fully saturated rings. The first kappa shape index (κ1) is 20.4. The van der Waals surface area contributed by atoms with E-state index in [1.165, 1.54) is 4.88 Å². The molecule has 5 nitrogen and oxygen atoms in total. The Bertz CT molecular complexity index is 905. The summed E-state index contributed by atoms with van der Waals surface area (Å²) in [5, 5.41) is 3.48. The molecule has 1 aromatic heterocycles. The van der Waals surface area contributed by atoms with Crippen LogP contribution in [0.1, 0.15) is 29.2 Å². The number of benzene rings is 1. The van der Waals surface area contributed by atoms with E-state index >= 15 is 0 Å². The Hall–Kier alpha value is -2.38. The van der Waals surface area contributed by atoms with Crippen molar-refractivity contribution in [1.29, 1.82) is 0 Å². The topological polar surface area (TPSA) is 50.8 Å². The molecule has 7 heteroatoms. The Morgan fingerprint density at radius 2 is 1.89 bits per heavy atom. The zero-order valence-electron chi connectivity index (χ0n) is 16.3. The molecule has 28 heavy (non-hydrogen) atoms. The second-order valence-corrected chi connectivity index (χ2v) is 8.00. The number of nitrogens with one attached hydrogen (secondary N) is 1. The van der Waals surface area contributed by atoms with E-state index < -0.39 is 0 Å². The van der Waals surface area contributed by atoms with Crippen LogP contribution in [0.15, 0.2) is 36.0 Å². The summed E-state index contributed by atoms with van der Waals surface area (Å²) in [6.07, 6.45) is 2.53. The van der Waals surface area contributed by atoms with E-state index in [0.717, 1.165) is 21.9 Å². The van der Waals surface area contributed by atoms with Gasteiger partial charge in [-0.15, -0.1) is 11.3 Å². The number of rotatable bonds is 8. The van der Waals surface area contributed by atoms with Gasteiger partial charge in [0.1, 0.15) is 5.70 Å². The zero-order chi connectivity index (χ0) is 20.1. The normalized spacial score (nSPS) is 15.2. The van der Waals surface area contributed by atoms with E-state index in [1.807, 2.05) is 57.2 Å². The Labute approximate surface area is 175 Å². The standard InChI is InChI=1S/C21H24N2O3S2/c1-4-25-18-9-7-15(12-19(18)26-5-2)10-11-23-20(24)17(22-21(23)27)13-16-8-6-14(3)28-16/h6-9,12-13H,4-5,10-11H2,1-3H3,(H,22,27)/b17-13+. The van der Waals surface area contributed by atoms with Gasteiger partial charge < -0.3 is 14.8 Å². The predicted molar refractivity (Wildman–Crippen MR) is 117 cm³/mol. The van der Waals surface area contributed by atoms with Crippen LogP contribution in [0.4, 0.5) is 0 Å². The van der Waals surface area contributed by atoms with Crippen LogP contribution in [0.5, 0.6) is 11.5 Å². The zero-order valence-corrected chi connectivity index (χ0v) is 17.9. The Morgan fingerprint density at radius 1 is 1.14 bits per heavy atom. The van der Waals surface area contributed by atoms with Gasteiger partial charge in [0.2, 0.25) is 0 Å². The van der Waals surface area contributed by atoms with Gasteiger partial charge in [-0.3, -0.25) is 9.69 Å². The molecule has 2 aromatic rings. The van der Waals surface area contributed by atoms with Crippen LogP contribution < -0.4 is 14.8 Å². The Morgan fingerprint density at radius 3 is 2.57 bits per heavy atom. The van der Waals surface area contributed by atoms with E-state index in [4.69, 9.17) is 21.7 Å². The van der Waals surface area contributed by atoms with Crippen LogP contribution in [0.25, 0.3) is 6.08 Å². The predicted octanol–water partition coefficient (Wildman–Crippen LogP) is 4.15. The maximum Gasteiger partial charge on any atom is 0.276 e. The first-order valence-corrected chi connectivity index (χ1v) is 10.5. The number of ether oxygens (including phenoxy) is 2. The highest BCUT2D eigenvalue weighted by molar-refractivity contribution is 7.80. The molecule has 1 aliphatic heterocycles. The molecule has 1 aromatic carbocycles. The maximum absolute atomic E-state index is 12.7. The lowest BCUT2D eigenvalue weighted by Gasteiger charge is -2.15. The number of carbonyl (C=O) groups is 1. The van der Waals surface area contributed by atoms with Gasteiger partial charge in [-0.25, -0.2) is 0 Å². The van der Waals surface area contributed by atoms with E-state index in [1.54, 1.807) is 16.2 Å².